The second-order valence-corrected chi connectivity index (χ2v) is 30.6. The van der Waals surface area contributed by atoms with Crippen LogP contribution in [0.5, 0.6) is 34.5 Å². The van der Waals surface area contributed by atoms with Crippen molar-refractivity contribution in [3.8, 4) is 45.6 Å². The molecule has 3 heterocycles. The van der Waals surface area contributed by atoms with Gasteiger partial charge in [0.25, 0.3) is 0 Å². The van der Waals surface area contributed by atoms with Crippen molar-refractivity contribution in [2.45, 2.75) is 136 Å². The maximum absolute atomic E-state index is 12.8. The number of phenolic OH excluding ortho intramolecular Hbond substituents is 3. The van der Waals surface area contributed by atoms with Crippen molar-refractivity contribution in [1.29, 1.82) is 0 Å². The van der Waals surface area contributed by atoms with Gasteiger partial charge in [0.15, 0.2) is 24.4 Å². The monoisotopic (exact) mass is 1690 g/mol. The van der Waals surface area contributed by atoms with Crippen LogP contribution in [0.3, 0.4) is 0 Å². The lowest BCUT2D eigenvalue weighted by Gasteiger charge is -2.32. The Morgan fingerprint density at radius 3 is 1.32 bits per heavy atom. The number of hydrogen-bond donors (Lipinski definition) is 5. The zero-order valence-corrected chi connectivity index (χ0v) is 70.3. The average molecular weight is 1690 g/mol. The molecule has 1 fully saturated rings. The first-order valence-corrected chi connectivity index (χ1v) is 41.6. The number of benzene rings is 12. The predicted molar refractivity (Wildman–Crippen MR) is 461 cm³/mol. The molecule has 12 aromatic rings. The molecule has 0 bridgehead atoms. The smallest absolute Gasteiger partial charge is 0.508 e. The van der Waals surface area contributed by atoms with Crippen molar-refractivity contribution in [1.82, 2.24) is 0 Å². The van der Waals surface area contributed by atoms with Crippen LogP contribution in [0.25, 0.3) is 65.0 Å². The SMILES string of the molecule is CC1(C)OB(c2ccc3c(c2)CCCO3)OC1(C)C.CCOC(=O)C(OCC)c1c(-c2ccc3c(c2)CCCO3)ccc2ccccc12.CCOC(=O)C(OCC)c1c(O)ccc2ccccc12.CCOC(=O)C(OCC)c1c(OS(=O)(=O)C(F)(F)F)ccc2ccccc12.O=C(O)C(O)c1c(O)ccc2ccccc12.Oc1ccc2ccccc2c1. The minimum atomic E-state index is -5.94. The molecule has 122 heavy (non-hydrogen) atoms. The Morgan fingerprint density at radius 2 is 0.844 bits per heavy atom. The predicted octanol–water partition coefficient (Wildman–Crippen LogP) is 18.9. The molecule has 0 radical (unpaired) electrons. The minimum absolute atomic E-state index is 0.00418. The Morgan fingerprint density at radius 1 is 0.451 bits per heavy atom. The van der Waals surface area contributed by atoms with E-state index in [0.29, 0.717) is 47.3 Å². The number of esters is 3. The van der Waals surface area contributed by atoms with E-state index in [0.717, 1.165) is 116 Å². The molecule has 27 heteroatoms. The van der Waals surface area contributed by atoms with Crippen molar-refractivity contribution in [2.24, 2.45) is 0 Å². The van der Waals surface area contributed by atoms with Crippen LogP contribution in [-0.2, 0) is 79.9 Å². The number of carbonyl (C=O) groups excluding carboxylic acids is 3. The van der Waals surface area contributed by atoms with E-state index in [4.69, 9.17) is 57.4 Å². The van der Waals surface area contributed by atoms with Gasteiger partial charge in [0, 0.05) is 42.1 Å². The number of carbonyl (C=O) groups is 4. The summed E-state index contributed by atoms with van der Waals surface area (Å²) in [6.45, 7) is 21.7. The third-order valence-electron chi connectivity index (χ3n) is 20.5. The summed E-state index contributed by atoms with van der Waals surface area (Å²) in [4.78, 5) is 47.9. The molecule has 4 atom stereocenters. The van der Waals surface area contributed by atoms with Crippen LogP contribution in [-0.4, -0.2) is 135 Å². The number of aryl methyl sites for hydroxylation is 2. The van der Waals surface area contributed by atoms with Crippen molar-refractivity contribution >= 4 is 100 Å². The first kappa shape index (κ1) is 92.5. The summed E-state index contributed by atoms with van der Waals surface area (Å²) in [6, 6.07) is 67.9. The number of carboxylic acids is 1. The van der Waals surface area contributed by atoms with Crippen LogP contribution in [0.1, 0.15) is 140 Å². The molecule has 0 saturated carbocycles. The van der Waals surface area contributed by atoms with Gasteiger partial charge in [-0.1, -0.05) is 176 Å². The number of aliphatic carboxylic acids is 1. The Hall–Kier alpha value is -11.8. The van der Waals surface area contributed by atoms with Crippen LogP contribution in [0.2, 0.25) is 0 Å². The fourth-order valence-corrected chi connectivity index (χ4v) is 14.5. The fourth-order valence-electron chi connectivity index (χ4n) is 14.0. The highest BCUT2D eigenvalue weighted by molar-refractivity contribution is 7.88. The fraction of sp³-hybridized carbons (Fsp3) is 0.305. The van der Waals surface area contributed by atoms with E-state index in [9.17, 15) is 56.1 Å². The molecule has 5 N–H and O–H groups in total. The quantitative estimate of drug-likeness (QED) is 0.0147. The van der Waals surface area contributed by atoms with Crippen LogP contribution in [0.15, 0.2) is 224 Å². The third kappa shape index (κ3) is 22.5. The van der Waals surface area contributed by atoms with Crippen LogP contribution < -0.4 is 19.1 Å². The molecule has 0 aromatic heterocycles. The number of alkyl halides is 3. The lowest BCUT2D eigenvalue weighted by molar-refractivity contribution is -0.157. The first-order chi connectivity index (χ1) is 58.4. The third-order valence-corrected chi connectivity index (χ3v) is 21.5. The number of phenols is 3. The van der Waals surface area contributed by atoms with Gasteiger partial charge in [-0.2, -0.15) is 21.6 Å². The molecular formula is C95H100BF3O22S. The van der Waals surface area contributed by atoms with E-state index in [1.807, 2.05) is 111 Å². The number of ether oxygens (including phenoxy) is 8. The first-order valence-electron chi connectivity index (χ1n) is 40.2. The number of rotatable bonds is 21. The topological polar surface area (TPSA) is 305 Å². The van der Waals surface area contributed by atoms with Gasteiger partial charge in [0.1, 0.15) is 34.5 Å². The highest BCUT2D eigenvalue weighted by Crippen LogP contribution is 2.44. The lowest BCUT2D eigenvalue weighted by atomic mass is 9.78. The molecule has 15 rings (SSSR count). The summed E-state index contributed by atoms with van der Waals surface area (Å²) in [5, 5.41) is 55.4. The van der Waals surface area contributed by atoms with E-state index < -0.39 is 63.7 Å². The Bertz CT molecular complexity index is 5740. The molecule has 4 unspecified atom stereocenters. The zero-order chi connectivity index (χ0) is 88.1. The summed E-state index contributed by atoms with van der Waals surface area (Å²) in [5.41, 5.74) is 0.607. The van der Waals surface area contributed by atoms with Gasteiger partial charge in [-0.15, -0.1) is 0 Å². The molecule has 12 aromatic carbocycles. The number of aliphatic hydroxyl groups excluding tert-OH is 1. The van der Waals surface area contributed by atoms with E-state index in [-0.39, 0.29) is 66.7 Å². The molecular weight excluding hydrogens is 1590 g/mol. The maximum Gasteiger partial charge on any atom is 0.534 e. The molecule has 1 saturated heterocycles. The summed E-state index contributed by atoms with van der Waals surface area (Å²) in [5.74, 6) is -1.64. The van der Waals surface area contributed by atoms with E-state index in [2.05, 4.69) is 68.3 Å². The van der Waals surface area contributed by atoms with Crippen molar-refractivity contribution in [3.63, 3.8) is 0 Å². The van der Waals surface area contributed by atoms with Crippen LogP contribution in [0.4, 0.5) is 13.2 Å². The van der Waals surface area contributed by atoms with Gasteiger partial charge in [0.05, 0.1) is 44.2 Å². The van der Waals surface area contributed by atoms with Gasteiger partial charge >= 0.3 is 46.6 Å². The summed E-state index contributed by atoms with van der Waals surface area (Å²) in [7, 11) is -6.22. The van der Waals surface area contributed by atoms with Crippen LogP contribution >= 0.6 is 0 Å². The zero-order valence-electron chi connectivity index (χ0n) is 69.5. The minimum Gasteiger partial charge on any atom is -0.508 e. The standard InChI is InChI=1S/C25H26O4.C17H17F3O6S.C16H18O4.C15H21BO3.C12H10O4.C10H8O/c1-3-27-24(25(26)28-4-2)23-20-10-6-5-8-17(20)11-13-21(23)18-12-14-22-19(16-18)9-7-15-29-22;1-3-24-15(16(21)25-4-2)14-12-8-6-5-7-11(12)9-10-13(14)26-27(22,23)17(18,19)20;1-3-19-15(16(18)20-4-2)14-12-8-6-5-7-11(12)9-10-13(14)17;1-14(2)15(3,4)19-16(18-14)12-7-8-13-11(10-12)6-5-9-17-13;13-9-6-5-7-3-1-2-4-8(7)10(9)11(14)12(15)16;11-10-6-5-8-3-1-2-4-9(8)7-10/h5-6,8,10-14,16,24H,3-4,7,9,15H2,1-2H3;5-10,15H,3-4H2,1-2H3;5-10,15,17H,3-4H2,1-2H3;7-8,10H,5-6,9H2,1-4H3;1-6,11,13-14H,(H,15,16);1-7,11H. The number of hydrogen-bond acceptors (Lipinski definition) is 21. The average Bonchev–Trinajstić information content (AvgIpc) is 1.21. The summed E-state index contributed by atoms with van der Waals surface area (Å²) < 4.78 is 121. The lowest BCUT2D eigenvalue weighted by Crippen LogP contribution is -2.41. The van der Waals surface area contributed by atoms with Gasteiger partial charge in [-0.25, -0.2) is 19.2 Å². The molecule has 0 amide bonds. The molecule has 0 spiro atoms. The van der Waals surface area contributed by atoms with Gasteiger partial charge in [-0.05, 0) is 225 Å². The van der Waals surface area contributed by atoms with Gasteiger partial charge in [-0.3, -0.25) is 0 Å². The van der Waals surface area contributed by atoms with E-state index in [1.54, 1.807) is 94.4 Å². The maximum atomic E-state index is 12.8. The highest BCUT2D eigenvalue weighted by Gasteiger charge is 2.52. The number of fused-ring (bicyclic) bond motifs is 7. The number of aromatic hydroxyl groups is 3. The van der Waals surface area contributed by atoms with Crippen LogP contribution in [0, 0.1) is 0 Å². The summed E-state index contributed by atoms with van der Waals surface area (Å²) in [6.07, 6.45) is -0.683. The largest absolute Gasteiger partial charge is 0.534 e. The molecule has 642 valence electrons. The highest BCUT2D eigenvalue weighted by atomic mass is 32.2. The molecule has 22 nitrogen and oxygen atoms in total. The van der Waals surface area contributed by atoms with E-state index in [1.165, 1.54) is 29.3 Å². The van der Waals surface area contributed by atoms with Gasteiger partial charge in [0.2, 0.25) is 0 Å². The number of carboxylic acid groups (broad SMARTS) is 1. The van der Waals surface area contributed by atoms with Crippen molar-refractivity contribution < 1.29 is 118 Å². The van der Waals surface area contributed by atoms with Crippen molar-refractivity contribution in [2.75, 3.05) is 52.9 Å². The normalized spacial score (nSPS) is 14.6. The Kier molecular flexibility index (Phi) is 31.9. The summed E-state index contributed by atoms with van der Waals surface area (Å²) >= 11 is 0. The second-order valence-electron chi connectivity index (χ2n) is 29.1. The number of halogens is 3. The van der Waals surface area contributed by atoms with Gasteiger partial charge < -0.3 is 76.9 Å². The molecule has 0 aliphatic carbocycles. The molecule has 3 aliphatic rings. The van der Waals surface area contributed by atoms with E-state index >= 15 is 0 Å². The Labute approximate surface area is 706 Å². The number of aliphatic hydroxyl groups is 1. The molecule has 3 aliphatic heterocycles. The Balaban J connectivity index is 0.000000157. The van der Waals surface area contributed by atoms with Crippen molar-refractivity contribution in [3.05, 3.63) is 258 Å². The second kappa shape index (κ2) is 42.1.